The highest BCUT2D eigenvalue weighted by Crippen LogP contribution is 2.33. The molecule has 170 valence electrons. The van der Waals surface area contributed by atoms with Crippen LogP contribution in [0.3, 0.4) is 0 Å². The van der Waals surface area contributed by atoms with Crippen molar-refractivity contribution in [3.05, 3.63) is 75.7 Å². The highest BCUT2D eigenvalue weighted by atomic mass is 35.5. The molecule has 5 nitrogen and oxygen atoms in total. The van der Waals surface area contributed by atoms with Crippen LogP contribution < -0.4 is 14.8 Å². The molecule has 0 atom stereocenters. The summed E-state index contributed by atoms with van der Waals surface area (Å²) >= 11 is 6.23. The fraction of sp³-hybridized carbons (Fsp3) is 0.292. The second kappa shape index (κ2) is 10.0. The molecule has 0 spiro atoms. The van der Waals surface area contributed by atoms with E-state index in [1.54, 1.807) is 19.1 Å². The lowest BCUT2D eigenvalue weighted by atomic mass is 10.0. The molecule has 1 N–H and O–H groups in total. The van der Waals surface area contributed by atoms with E-state index in [2.05, 4.69) is 10.1 Å². The number of aryl methyl sites for hydroxylation is 2. The molecule has 0 saturated heterocycles. The fourth-order valence-corrected chi connectivity index (χ4v) is 3.26. The Hall–Kier alpha value is -3.06. The van der Waals surface area contributed by atoms with Gasteiger partial charge in [-0.15, -0.1) is 0 Å². The van der Waals surface area contributed by atoms with Crippen molar-refractivity contribution in [2.24, 2.45) is 0 Å². The van der Waals surface area contributed by atoms with Crippen molar-refractivity contribution in [1.82, 2.24) is 0 Å². The third-order valence-electron chi connectivity index (χ3n) is 4.77. The Morgan fingerprint density at radius 1 is 1.09 bits per heavy atom. The summed E-state index contributed by atoms with van der Waals surface area (Å²) in [6.45, 7) is 4.81. The Morgan fingerprint density at radius 2 is 1.84 bits per heavy atom. The van der Waals surface area contributed by atoms with Gasteiger partial charge in [0, 0.05) is 5.02 Å². The van der Waals surface area contributed by atoms with E-state index in [0.29, 0.717) is 22.1 Å². The summed E-state index contributed by atoms with van der Waals surface area (Å²) in [5, 5.41) is 3.21. The molecule has 0 aliphatic carbocycles. The van der Waals surface area contributed by atoms with E-state index in [4.69, 9.17) is 20.8 Å². The van der Waals surface area contributed by atoms with Gasteiger partial charge in [-0.25, -0.2) is 0 Å². The van der Waals surface area contributed by atoms with Gasteiger partial charge >= 0.3 is 6.61 Å². The van der Waals surface area contributed by atoms with Crippen LogP contribution >= 0.6 is 11.6 Å². The maximum atomic E-state index is 12.7. The van der Waals surface area contributed by atoms with Crippen LogP contribution in [0.15, 0.2) is 46.9 Å². The number of amides is 1. The van der Waals surface area contributed by atoms with Gasteiger partial charge in [0.1, 0.15) is 23.9 Å². The van der Waals surface area contributed by atoms with E-state index in [1.807, 2.05) is 32.9 Å². The van der Waals surface area contributed by atoms with Crippen LogP contribution in [0.25, 0.3) is 0 Å². The Morgan fingerprint density at radius 3 is 2.53 bits per heavy atom. The molecular formula is C24H24ClF2NO4. The van der Waals surface area contributed by atoms with E-state index in [1.165, 1.54) is 18.2 Å². The summed E-state index contributed by atoms with van der Waals surface area (Å²) in [4.78, 5) is 12.5. The number of carbonyl (C=O) groups is 1. The van der Waals surface area contributed by atoms with Crippen molar-refractivity contribution in [2.45, 2.75) is 46.8 Å². The normalized spacial score (nSPS) is 11.2. The van der Waals surface area contributed by atoms with E-state index >= 15 is 0 Å². The van der Waals surface area contributed by atoms with Crippen molar-refractivity contribution in [3.63, 3.8) is 0 Å². The largest absolute Gasteiger partial charge is 0.485 e. The first-order chi connectivity index (χ1) is 15.1. The SMILES string of the molecule is Cc1ccc(NC(=O)c2ccc(COc3cc(C)c(Cl)cc3C(C)C)o2)c(OC(F)F)c1. The van der Waals surface area contributed by atoms with E-state index in [9.17, 15) is 13.6 Å². The van der Waals surface area contributed by atoms with Gasteiger partial charge in [-0.1, -0.05) is 31.5 Å². The molecular weight excluding hydrogens is 440 g/mol. The van der Waals surface area contributed by atoms with Crippen molar-refractivity contribution in [1.29, 1.82) is 0 Å². The molecule has 8 heteroatoms. The highest BCUT2D eigenvalue weighted by molar-refractivity contribution is 6.31. The summed E-state index contributed by atoms with van der Waals surface area (Å²) in [6, 6.07) is 11.5. The van der Waals surface area contributed by atoms with Crippen LogP contribution in [0.4, 0.5) is 14.5 Å². The van der Waals surface area contributed by atoms with Crippen LogP contribution in [0.5, 0.6) is 11.5 Å². The van der Waals surface area contributed by atoms with Crippen molar-refractivity contribution < 1.29 is 27.5 Å². The summed E-state index contributed by atoms with van der Waals surface area (Å²) in [5.41, 5.74) is 2.70. The molecule has 3 rings (SSSR count). The Kier molecular flexibility index (Phi) is 7.40. The summed E-state index contributed by atoms with van der Waals surface area (Å²) in [5.74, 6) is 0.638. The van der Waals surface area contributed by atoms with E-state index in [0.717, 1.165) is 11.1 Å². The number of hydrogen-bond donors (Lipinski definition) is 1. The second-order valence-corrected chi connectivity index (χ2v) is 8.09. The highest BCUT2D eigenvalue weighted by Gasteiger charge is 2.17. The summed E-state index contributed by atoms with van der Waals surface area (Å²) < 4.78 is 41.3. The van der Waals surface area contributed by atoms with Gasteiger partial charge in [0.15, 0.2) is 5.76 Å². The number of furan rings is 1. The molecule has 0 radical (unpaired) electrons. The minimum absolute atomic E-state index is 0.0172. The number of halogens is 3. The Bertz CT molecular complexity index is 1110. The molecule has 0 bridgehead atoms. The topological polar surface area (TPSA) is 60.7 Å². The number of alkyl halides is 2. The predicted octanol–water partition coefficient (Wildman–Crippen LogP) is 7.11. The first kappa shape index (κ1) is 23.6. The Labute approximate surface area is 190 Å². The molecule has 0 saturated carbocycles. The zero-order chi connectivity index (χ0) is 23.4. The molecule has 32 heavy (non-hydrogen) atoms. The number of carbonyl (C=O) groups excluding carboxylic acids is 1. The summed E-state index contributed by atoms with van der Waals surface area (Å²) in [6.07, 6.45) is 0. The second-order valence-electron chi connectivity index (χ2n) is 7.68. The van der Waals surface area contributed by atoms with Gasteiger partial charge in [-0.2, -0.15) is 8.78 Å². The first-order valence-electron chi connectivity index (χ1n) is 10.0. The van der Waals surface area contributed by atoms with Crippen LogP contribution in [0.1, 0.15) is 52.8 Å². The average molecular weight is 464 g/mol. The van der Waals surface area contributed by atoms with Gasteiger partial charge in [0.2, 0.25) is 0 Å². The van der Waals surface area contributed by atoms with Crippen molar-refractivity contribution >= 4 is 23.2 Å². The number of nitrogens with one attached hydrogen (secondary N) is 1. The first-order valence-corrected chi connectivity index (χ1v) is 10.4. The van der Waals surface area contributed by atoms with Gasteiger partial charge in [0.25, 0.3) is 5.91 Å². The number of ether oxygens (including phenoxy) is 2. The Balaban J connectivity index is 1.71. The number of benzene rings is 2. The summed E-state index contributed by atoms with van der Waals surface area (Å²) in [7, 11) is 0. The number of rotatable bonds is 8. The number of anilines is 1. The molecule has 1 heterocycles. The molecule has 0 unspecified atom stereocenters. The monoisotopic (exact) mass is 463 g/mol. The van der Waals surface area contributed by atoms with E-state index < -0.39 is 12.5 Å². The molecule has 1 amide bonds. The number of hydrogen-bond acceptors (Lipinski definition) is 4. The zero-order valence-electron chi connectivity index (χ0n) is 18.2. The smallest absolute Gasteiger partial charge is 0.387 e. The quantitative estimate of drug-likeness (QED) is 0.387. The molecule has 0 fully saturated rings. The van der Waals surface area contributed by atoms with Gasteiger partial charge < -0.3 is 19.2 Å². The van der Waals surface area contributed by atoms with Crippen LogP contribution in [0, 0.1) is 13.8 Å². The third-order valence-corrected chi connectivity index (χ3v) is 5.18. The maximum absolute atomic E-state index is 12.7. The van der Waals surface area contributed by atoms with Gasteiger partial charge in [0.05, 0.1) is 5.69 Å². The molecule has 0 aliphatic heterocycles. The molecule has 3 aromatic rings. The minimum atomic E-state index is -3.01. The lowest BCUT2D eigenvalue weighted by Crippen LogP contribution is -2.13. The standard InChI is InChI=1S/C24H24ClF2NO4/c1-13(2)17-11-18(25)15(4)10-21(17)30-12-16-6-8-20(31-16)23(29)28-19-7-5-14(3)9-22(19)32-24(26)27/h5-11,13,24H,12H2,1-4H3,(H,28,29). The lowest BCUT2D eigenvalue weighted by Gasteiger charge is -2.15. The van der Waals surface area contributed by atoms with Gasteiger partial charge in [-0.3, -0.25) is 4.79 Å². The van der Waals surface area contributed by atoms with Crippen LogP contribution in [-0.4, -0.2) is 12.5 Å². The fourth-order valence-electron chi connectivity index (χ4n) is 3.08. The minimum Gasteiger partial charge on any atom is -0.485 e. The van der Waals surface area contributed by atoms with Crippen LogP contribution in [0.2, 0.25) is 5.02 Å². The van der Waals surface area contributed by atoms with Gasteiger partial charge in [-0.05, 0) is 72.9 Å². The molecule has 1 aromatic heterocycles. The third kappa shape index (κ3) is 5.79. The zero-order valence-corrected chi connectivity index (χ0v) is 18.9. The maximum Gasteiger partial charge on any atom is 0.387 e. The predicted molar refractivity (Wildman–Crippen MR) is 119 cm³/mol. The lowest BCUT2D eigenvalue weighted by molar-refractivity contribution is -0.0494. The van der Waals surface area contributed by atoms with Crippen molar-refractivity contribution in [2.75, 3.05) is 5.32 Å². The van der Waals surface area contributed by atoms with Crippen LogP contribution in [-0.2, 0) is 6.61 Å². The average Bonchev–Trinajstić information content (AvgIpc) is 3.19. The molecule has 0 aliphatic rings. The van der Waals surface area contributed by atoms with E-state index in [-0.39, 0.29) is 29.7 Å². The van der Waals surface area contributed by atoms with Crippen molar-refractivity contribution in [3.8, 4) is 11.5 Å². The molecule has 2 aromatic carbocycles.